The highest BCUT2D eigenvalue weighted by Gasteiger charge is 2.01. The van der Waals surface area contributed by atoms with Gasteiger partial charge in [-0.3, -0.25) is 0 Å². The van der Waals surface area contributed by atoms with Crippen molar-refractivity contribution in [3.05, 3.63) is 12.5 Å². The molecule has 3 heteroatoms. The number of likely N-dealkylation sites (N-methyl/N-ethyl adjacent to an activating group) is 1. The molecule has 0 saturated carbocycles. The molecule has 52 valence electrons. The number of nitrogens with one attached hydrogen (secondary N) is 1. The van der Waals surface area contributed by atoms with Crippen LogP contribution in [0.2, 0.25) is 0 Å². The Morgan fingerprint density at radius 2 is 2.67 bits per heavy atom. The van der Waals surface area contributed by atoms with E-state index < -0.39 is 0 Å². The Morgan fingerprint density at radius 1 is 1.78 bits per heavy atom. The highest BCUT2D eigenvalue weighted by molar-refractivity contribution is 4.79. The van der Waals surface area contributed by atoms with Crippen molar-refractivity contribution >= 4 is 0 Å². The minimum Gasteiger partial charge on any atom is -0.479 e. The lowest BCUT2D eigenvalue weighted by Crippen LogP contribution is -2.25. The van der Waals surface area contributed by atoms with Crippen molar-refractivity contribution in [1.82, 2.24) is 10.2 Å². The lowest BCUT2D eigenvalue weighted by atomic mass is 10.6. The molecular weight excluding hydrogens is 116 g/mol. The smallest absolute Gasteiger partial charge is 0.160 e. The molecule has 9 heavy (non-hydrogen) atoms. The molecule has 1 aliphatic heterocycles. The van der Waals surface area contributed by atoms with Crippen LogP contribution < -0.4 is 5.32 Å². The second kappa shape index (κ2) is 3.35. The number of hydrogen-bond donors (Lipinski definition) is 1. The molecule has 0 aromatic heterocycles. The highest BCUT2D eigenvalue weighted by Crippen LogP contribution is 1.97. The molecule has 0 aromatic rings. The average molecular weight is 128 g/mol. The maximum Gasteiger partial charge on any atom is 0.160 e. The molecule has 0 saturated heterocycles. The number of hydrogen-bond acceptors (Lipinski definition) is 3. The van der Waals surface area contributed by atoms with Crippen molar-refractivity contribution in [1.29, 1.82) is 0 Å². The van der Waals surface area contributed by atoms with Crippen LogP contribution in [0.25, 0.3) is 0 Å². The molecule has 0 aliphatic carbocycles. The molecule has 0 aromatic carbocycles. The number of ether oxygens (including phenoxy) is 1. The van der Waals surface area contributed by atoms with Crippen LogP contribution in [0.1, 0.15) is 0 Å². The van der Waals surface area contributed by atoms with Gasteiger partial charge in [0, 0.05) is 19.3 Å². The summed E-state index contributed by atoms with van der Waals surface area (Å²) >= 11 is 0. The third-order valence-electron chi connectivity index (χ3n) is 1.26. The quantitative estimate of drug-likeness (QED) is 0.577. The maximum absolute atomic E-state index is 4.97. The normalized spacial score (nSPS) is 16.3. The fourth-order valence-corrected chi connectivity index (χ4v) is 0.705. The first-order valence-corrected chi connectivity index (χ1v) is 3.10. The van der Waals surface area contributed by atoms with Gasteiger partial charge in [0.2, 0.25) is 0 Å². The maximum atomic E-state index is 4.97. The van der Waals surface area contributed by atoms with Gasteiger partial charge < -0.3 is 15.0 Å². The van der Waals surface area contributed by atoms with Gasteiger partial charge in [-0.2, -0.15) is 0 Å². The fourth-order valence-electron chi connectivity index (χ4n) is 0.705. The lowest BCUT2D eigenvalue weighted by Gasteiger charge is -2.11. The molecule has 0 spiro atoms. The van der Waals surface area contributed by atoms with E-state index >= 15 is 0 Å². The van der Waals surface area contributed by atoms with Crippen LogP contribution in [0.15, 0.2) is 12.5 Å². The third kappa shape index (κ3) is 1.93. The third-order valence-corrected chi connectivity index (χ3v) is 1.26. The summed E-state index contributed by atoms with van der Waals surface area (Å²) in [7, 11) is 1.95. The van der Waals surface area contributed by atoms with Gasteiger partial charge in [0.15, 0.2) is 6.73 Å². The molecule has 0 unspecified atom stereocenters. The van der Waals surface area contributed by atoms with E-state index in [2.05, 4.69) is 10.2 Å². The van der Waals surface area contributed by atoms with Gasteiger partial charge >= 0.3 is 0 Å². The van der Waals surface area contributed by atoms with Crippen LogP contribution in [-0.2, 0) is 4.74 Å². The van der Waals surface area contributed by atoms with Gasteiger partial charge in [-0.1, -0.05) is 0 Å². The summed E-state index contributed by atoms with van der Waals surface area (Å²) in [6.07, 6.45) is 3.67. The Balaban J connectivity index is 2.05. The van der Waals surface area contributed by atoms with Gasteiger partial charge in [-0.25, -0.2) is 0 Å². The second-order valence-corrected chi connectivity index (χ2v) is 2.00. The fraction of sp³-hybridized carbons (Fsp3) is 0.667. The molecule has 3 nitrogen and oxygen atoms in total. The first-order chi connectivity index (χ1) is 4.43. The Morgan fingerprint density at radius 3 is 3.22 bits per heavy atom. The first-order valence-electron chi connectivity index (χ1n) is 3.10. The van der Waals surface area contributed by atoms with Crippen LogP contribution in [0.3, 0.4) is 0 Å². The van der Waals surface area contributed by atoms with E-state index in [-0.39, 0.29) is 0 Å². The average Bonchev–Trinajstić information content (AvgIpc) is 2.34. The zero-order valence-corrected chi connectivity index (χ0v) is 5.63. The van der Waals surface area contributed by atoms with Crippen LogP contribution in [0.5, 0.6) is 0 Å². The van der Waals surface area contributed by atoms with Gasteiger partial charge in [-0.15, -0.1) is 0 Å². The summed E-state index contributed by atoms with van der Waals surface area (Å²) in [6.45, 7) is 2.74. The van der Waals surface area contributed by atoms with Gasteiger partial charge in [-0.05, 0) is 7.05 Å². The Kier molecular flexibility index (Phi) is 2.39. The summed E-state index contributed by atoms with van der Waals surface area (Å²) < 4.78 is 4.97. The van der Waals surface area contributed by atoms with Gasteiger partial charge in [0.1, 0.15) is 6.26 Å². The standard InChI is InChI=1S/C6H12N2O/c1-7-2-3-8-4-5-9-6-8/h4-5,7H,2-3,6H2,1H3. The van der Waals surface area contributed by atoms with E-state index in [1.807, 2.05) is 13.2 Å². The minimum atomic E-state index is 0.710. The molecule has 0 radical (unpaired) electrons. The van der Waals surface area contributed by atoms with Crippen molar-refractivity contribution in [2.24, 2.45) is 0 Å². The Labute approximate surface area is 55.3 Å². The molecule has 0 amide bonds. The zero-order valence-electron chi connectivity index (χ0n) is 5.63. The second-order valence-electron chi connectivity index (χ2n) is 2.00. The van der Waals surface area contributed by atoms with E-state index in [0.29, 0.717) is 6.73 Å². The lowest BCUT2D eigenvalue weighted by molar-refractivity contribution is 0.172. The first kappa shape index (κ1) is 6.42. The molecule has 0 fully saturated rings. The molecule has 1 N–H and O–H groups in total. The summed E-state index contributed by atoms with van der Waals surface area (Å²) in [5.41, 5.74) is 0. The highest BCUT2D eigenvalue weighted by atomic mass is 16.5. The van der Waals surface area contributed by atoms with Crippen LogP contribution in [0, 0.1) is 0 Å². The van der Waals surface area contributed by atoms with E-state index in [0.717, 1.165) is 13.1 Å². The van der Waals surface area contributed by atoms with E-state index in [1.165, 1.54) is 0 Å². The Bertz CT molecular complexity index is 103. The molecule has 1 rings (SSSR count). The SMILES string of the molecule is CNCCN1C=COC1. The van der Waals surface area contributed by atoms with Gasteiger partial charge in [0.05, 0.1) is 0 Å². The number of nitrogens with zero attached hydrogens (tertiary/aromatic N) is 1. The van der Waals surface area contributed by atoms with Crippen LogP contribution >= 0.6 is 0 Å². The largest absolute Gasteiger partial charge is 0.479 e. The number of rotatable bonds is 3. The van der Waals surface area contributed by atoms with Crippen molar-refractivity contribution in [3.8, 4) is 0 Å². The summed E-state index contributed by atoms with van der Waals surface area (Å²) in [4.78, 5) is 2.11. The summed E-state index contributed by atoms with van der Waals surface area (Å²) in [6, 6.07) is 0. The van der Waals surface area contributed by atoms with Crippen LogP contribution in [-0.4, -0.2) is 31.8 Å². The predicted molar refractivity (Wildman–Crippen MR) is 35.7 cm³/mol. The van der Waals surface area contributed by atoms with Crippen molar-refractivity contribution < 1.29 is 4.74 Å². The predicted octanol–water partition coefficient (Wildman–Crippen LogP) is -0.0333. The summed E-state index contributed by atoms with van der Waals surface area (Å²) in [5.74, 6) is 0. The minimum absolute atomic E-state index is 0.710. The monoisotopic (exact) mass is 128 g/mol. The molecule has 0 bridgehead atoms. The van der Waals surface area contributed by atoms with E-state index in [4.69, 9.17) is 4.74 Å². The molecule has 0 atom stereocenters. The molecule has 1 heterocycles. The molecular formula is C6H12N2O. The van der Waals surface area contributed by atoms with E-state index in [1.54, 1.807) is 6.26 Å². The van der Waals surface area contributed by atoms with Gasteiger partial charge in [0.25, 0.3) is 0 Å². The zero-order chi connectivity index (χ0) is 6.53. The van der Waals surface area contributed by atoms with Crippen molar-refractivity contribution in [2.75, 3.05) is 26.9 Å². The Hall–Kier alpha value is -0.700. The summed E-state index contributed by atoms with van der Waals surface area (Å²) in [5, 5.41) is 3.06. The van der Waals surface area contributed by atoms with Crippen molar-refractivity contribution in [3.63, 3.8) is 0 Å². The van der Waals surface area contributed by atoms with Crippen LogP contribution in [0.4, 0.5) is 0 Å². The van der Waals surface area contributed by atoms with E-state index in [9.17, 15) is 0 Å². The topological polar surface area (TPSA) is 24.5 Å². The van der Waals surface area contributed by atoms with Crippen molar-refractivity contribution in [2.45, 2.75) is 0 Å². The molecule has 1 aliphatic rings.